The molecule has 1 saturated carbocycles. The van der Waals surface area contributed by atoms with E-state index < -0.39 is 9.84 Å². The SMILES string of the molecule is CCN1CCCC(NC(=O)C2CCC(Nc3nccc(-n4ccc5c(OCC6CCS(=O)(=O)C6)cccc54)n3)CC2)C1. The first-order valence-corrected chi connectivity index (χ1v) is 17.2. The highest BCUT2D eigenvalue weighted by molar-refractivity contribution is 7.91. The molecule has 3 aromatic rings. The largest absolute Gasteiger partial charge is 0.493 e. The van der Waals surface area contributed by atoms with Gasteiger partial charge in [0, 0.05) is 48.2 Å². The normalized spacial score (nSPS) is 26.2. The number of benzene rings is 1. The number of ether oxygens (including phenoxy) is 1. The molecule has 2 N–H and O–H groups in total. The molecule has 11 heteroatoms. The molecule has 1 aliphatic carbocycles. The Balaban J connectivity index is 1.05. The molecule has 3 aliphatic rings. The first-order valence-electron chi connectivity index (χ1n) is 15.4. The molecule has 0 bridgehead atoms. The summed E-state index contributed by atoms with van der Waals surface area (Å²) >= 11 is 0. The zero-order valence-electron chi connectivity index (χ0n) is 24.4. The fraction of sp³-hybridized carbons (Fsp3) is 0.581. The van der Waals surface area contributed by atoms with Gasteiger partial charge in [0.15, 0.2) is 9.84 Å². The molecule has 226 valence electrons. The highest BCUT2D eigenvalue weighted by atomic mass is 32.2. The van der Waals surface area contributed by atoms with Crippen molar-refractivity contribution in [3.63, 3.8) is 0 Å². The van der Waals surface area contributed by atoms with Crippen LogP contribution in [0.15, 0.2) is 42.7 Å². The lowest BCUT2D eigenvalue weighted by Crippen LogP contribution is -2.49. The van der Waals surface area contributed by atoms with Crippen molar-refractivity contribution in [3.05, 3.63) is 42.7 Å². The Labute approximate surface area is 248 Å². The molecule has 2 aromatic heterocycles. The van der Waals surface area contributed by atoms with Gasteiger partial charge in [-0.1, -0.05) is 13.0 Å². The maximum Gasteiger partial charge on any atom is 0.224 e. The van der Waals surface area contributed by atoms with E-state index >= 15 is 0 Å². The number of piperidine rings is 1. The minimum Gasteiger partial charge on any atom is -0.493 e. The number of fused-ring (bicyclic) bond motifs is 1. The number of rotatable bonds is 9. The number of amides is 1. The fourth-order valence-corrected chi connectivity index (χ4v) is 8.53. The smallest absolute Gasteiger partial charge is 0.224 e. The second kappa shape index (κ2) is 12.6. The summed E-state index contributed by atoms with van der Waals surface area (Å²) in [5.74, 6) is 2.86. The minimum atomic E-state index is -2.93. The van der Waals surface area contributed by atoms with Crippen LogP contribution in [-0.4, -0.2) is 83.6 Å². The summed E-state index contributed by atoms with van der Waals surface area (Å²) in [4.78, 5) is 24.7. The number of aromatic nitrogens is 3. The van der Waals surface area contributed by atoms with E-state index in [1.807, 2.05) is 41.1 Å². The number of hydrogen-bond acceptors (Lipinski definition) is 8. The van der Waals surface area contributed by atoms with Gasteiger partial charge in [-0.3, -0.25) is 4.79 Å². The van der Waals surface area contributed by atoms with Gasteiger partial charge in [0.1, 0.15) is 11.6 Å². The number of hydrogen-bond donors (Lipinski definition) is 2. The topological polar surface area (TPSA) is 118 Å². The molecule has 10 nitrogen and oxygen atoms in total. The van der Waals surface area contributed by atoms with Crippen molar-refractivity contribution in [3.8, 4) is 11.6 Å². The Morgan fingerprint density at radius 3 is 2.71 bits per heavy atom. The van der Waals surface area contributed by atoms with E-state index in [1.165, 1.54) is 0 Å². The number of carbonyl (C=O) groups is 1. The monoisotopic (exact) mass is 594 g/mol. The van der Waals surface area contributed by atoms with E-state index in [9.17, 15) is 13.2 Å². The molecule has 2 atom stereocenters. The van der Waals surface area contributed by atoms with Gasteiger partial charge >= 0.3 is 0 Å². The Hall–Kier alpha value is -3.18. The van der Waals surface area contributed by atoms with E-state index in [4.69, 9.17) is 9.72 Å². The van der Waals surface area contributed by atoms with Crippen LogP contribution in [0.4, 0.5) is 5.95 Å². The van der Waals surface area contributed by atoms with Gasteiger partial charge < -0.3 is 24.8 Å². The van der Waals surface area contributed by atoms with Gasteiger partial charge in [-0.2, -0.15) is 4.98 Å². The lowest BCUT2D eigenvalue weighted by atomic mass is 9.85. The highest BCUT2D eigenvalue weighted by Gasteiger charge is 2.30. The second-order valence-electron chi connectivity index (χ2n) is 12.1. The maximum absolute atomic E-state index is 13.0. The van der Waals surface area contributed by atoms with E-state index in [-0.39, 0.29) is 41.3 Å². The maximum atomic E-state index is 13.0. The lowest BCUT2D eigenvalue weighted by molar-refractivity contribution is -0.127. The van der Waals surface area contributed by atoms with E-state index in [0.717, 1.165) is 80.6 Å². The van der Waals surface area contributed by atoms with Gasteiger partial charge in [0.05, 0.1) is 23.6 Å². The van der Waals surface area contributed by atoms with Crippen molar-refractivity contribution >= 4 is 32.6 Å². The minimum absolute atomic E-state index is 0.0379. The Morgan fingerprint density at radius 2 is 1.93 bits per heavy atom. The van der Waals surface area contributed by atoms with Crippen LogP contribution in [-0.2, 0) is 14.6 Å². The lowest BCUT2D eigenvalue weighted by Gasteiger charge is -2.34. The summed E-state index contributed by atoms with van der Waals surface area (Å²) in [7, 11) is -2.93. The molecule has 1 aromatic carbocycles. The summed E-state index contributed by atoms with van der Waals surface area (Å²) in [6.45, 7) is 5.71. The van der Waals surface area contributed by atoms with Crippen LogP contribution in [0.1, 0.15) is 51.9 Å². The standard InChI is InChI=1S/C31H42N6O4S/c1-2-36-16-4-5-25(19-36)33-30(38)23-8-10-24(11-9-23)34-31-32-15-12-29(35-31)37-17-13-26-27(37)6-3-7-28(26)41-20-22-14-18-42(39,40)21-22/h3,6-7,12-13,15,17,22-25H,2,4-5,8-11,14,16,18-21H2,1H3,(H,33,38)(H,32,34,35). The molecule has 0 spiro atoms. The molecule has 2 saturated heterocycles. The van der Waals surface area contributed by atoms with Gasteiger partial charge in [-0.05, 0) is 82.3 Å². The molecule has 42 heavy (non-hydrogen) atoms. The summed E-state index contributed by atoms with van der Waals surface area (Å²) < 4.78 is 31.7. The van der Waals surface area contributed by atoms with Crippen molar-refractivity contribution in [1.82, 2.24) is 24.8 Å². The first-order chi connectivity index (χ1) is 20.4. The zero-order chi connectivity index (χ0) is 29.1. The molecule has 1 amide bonds. The number of carbonyl (C=O) groups excluding carboxylic acids is 1. The van der Waals surface area contributed by atoms with Crippen molar-refractivity contribution < 1.29 is 17.9 Å². The van der Waals surface area contributed by atoms with Gasteiger partial charge in [-0.15, -0.1) is 0 Å². The van der Waals surface area contributed by atoms with E-state index in [2.05, 4.69) is 27.4 Å². The van der Waals surface area contributed by atoms with Gasteiger partial charge in [0.25, 0.3) is 0 Å². The number of likely N-dealkylation sites (tertiary alicyclic amines) is 1. The van der Waals surface area contributed by atoms with Gasteiger partial charge in [0.2, 0.25) is 11.9 Å². The molecule has 4 heterocycles. The summed E-state index contributed by atoms with van der Waals surface area (Å²) in [6, 6.07) is 10.3. The van der Waals surface area contributed by atoms with Crippen molar-refractivity contribution in [2.24, 2.45) is 11.8 Å². The fourth-order valence-electron chi connectivity index (χ4n) is 6.69. The third kappa shape index (κ3) is 6.72. The molecule has 0 radical (unpaired) electrons. The van der Waals surface area contributed by atoms with Crippen LogP contribution in [0.5, 0.6) is 5.75 Å². The summed E-state index contributed by atoms with van der Waals surface area (Å²) in [6.07, 6.45) is 10.2. The molecular formula is C31H42N6O4S. The van der Waals surface area contributed by atoms with Crippen LogP contribution >= 0.6 is 0 Å². The number of sulfone groups is 1. The van der Waals surface area contributed by atoms with Crippen LogP contribution in [0.3, 0.4) is 0 Å². The highest BCUT2D eigenvalue weighted by Crippen LogP contribution is 2.31. The predicted molar refractivity (Wildman–Crippen MR) is 164 cm³/mol. The predicted octanol–water partition coefficient (Wildman–Crippen LogP) is 3.81. The number of nitrogens with one attached hydrogen (secondary N) is 2. The third-order valence-corrected chi connectivity index (χ3v) is 10.9. The average molecular weight is 595 g/mol. The van der Waals surface area contributed by atoms with Gasteiger partial charge in [-0.25, -0.2) is 13.4 Å². The zero-order valence-corrected chi connectivity index (χ0v) is 25.2. The molecule has 6 rings (SSSR count). The first kappa shape index (κ1) is 28.9. The van der Waals surface area contributed by atoms with Crippen LogP contribution in [0.2, 0.25) is 0 Å². The van der Waals surface area contributed by atoms with E-state index in [0.29, 0.717) is 19.0 Å². The summed E-state index contributed by atoms with van der Waals surface area (Å²) in [5, 5.41) is 7.79. The quantitative estimate of drug-likeness (QED) is 0.384. The Kier molecular flexibility index (Phi) is 8.67. The number of nitrogens with zero attached hydrogens (tertiary/aromatic N) is 4. The van der Waals surface area contributed by atoms with Crippen molar-refractivity contribution in [2.75, 3.05) is 43.1 Å². The van der Waals surface area contributed by atoms with E-state index in [1.54, 1.807) is 6.20 Å². The van der Waals surface area contributed by atoms with Crippen molar-refractivity contribution in [1.29, 1.82) is 0 Å². The molecule has 2 aliphatic heterocycles. The second-order valence-corrected chi connectivity index (χ2v) is 14.4. The number of likely N-dealkylation sites (N-methyl/N-ethyl adjacent to an activating group) is 1. The Bertz CT molecular complexity index is 1500. The third-order valence-electron chi connectivity index (χ3n) is 9.11. The molecule has 2 unspecified atom stereocenters. The number of anilines is 1. The van der Waals surface area contributed by atoms with Crippen LogP contribution < -0.4 is 15.4 Å². The summed E-state index contributed by atoms with van der Waals surface area (Å²) in [5.41, 5.74) is 0.961. The van der Waals surface area contributed by atoms with Crippen molar-refractivity contribution in [2.45, 2.75) is 64.0 Å². The van der Waals surface area contributed by atoms with Crippen LogP contribution in [0, 0.1) is 11.8 Å². The van der Waals surface area contributed by atoms with Crippen LogP contribution in [0.25, 0.3) is 16.7 Å². The Morgan fingerprint density at radius 1 is 1.07 bits per heavy atom. The average Bonchev–Trinajstić information content (AvgIpc) is 3.59. The molecular weight excluding hydrogens is 552 g/mol. The molecule has 3 fully saturated rings.